The standard InChI is InChI=1S/C10H14/c1-2-8-3-4-10(7-8)9-5-6-9/h2,7-9H,1,3-6H2. The predicted octanol–water partition coefficient (Wildman–Crippen LogP) is 2.92. The first kappa shape index (κ1) is 6.21. The quantitative estimate of drug-likeness (QED) is 0.509. The second-order valence-corrected chi connectivity index (χ2v) is 3.45. The highest BCUT2D eigenvalue weighted by Crippen LogP contribution is 2.42. The Bertz CT molecular complexity index is 172. The van der Waals surface area contributed by atoms with Crippen LogP contribution in [0.25, 0.3) is 0 Å². The van der Waals surface area contributed by atoms with Crippen LogP contribution < -0.4 is 0 Å². The van der Waals surface area contributed by atoms with E-state index in [-0.39, 0.29) is 0 Å². The molecule has 0 aromatic heterocycles. The lowest BCUT2D eigenvalue weighted by Crippen LogP contribution is -1.80. The van der Waals surface area contributed by atoms with E-state index in [9.17, 15) is 0 Å². The topological polar surface area (TPSA) is 0 Å². The van der Waals surface area contributed by atoms with Gasteiger partial charge in [-0.05, 0) is 37.5 Å². The Morgan fingerprint density at radius 1 is 1.40 bits per heavy atom. The largest absolute Gasteiger partial charge is 0.102 e. The van der Waals surface area contributed by atoms with E-state index in [1.165, 1.54) is 25.7 Å². The summed E-state index contributed by atoms with van der Waals surface area (Å²) in [5, 5.41) is 0. The zero-order chi connectivity index (χ0) is 6.97. The average Bonchev–Trinajstić information content (AvgIpc) is 2.70. The number of hydrogen-bond donors (Lipinski definition) is 0. The molecule has 0 aromatic rings. The Labute approximate surface area is 62.6 Å². The summed E-state index contributed by atoms with van der Waals surface area (Å²) in [7, 11) is 0. The van der Waals surface area contributed by atoms with Crippen LogP contribution in [-0.2, 0) is 0 Å². The van der Waals surface area contributed by atoms with Gasteiger partial charge in [0.25, 0.3) is 0 Å². The van der Waals surface area contributed by atoms with E-state index in [2.05, 4.69) is 18.7 Å². The molecule has 2 aliphatic carbocycles. The molecule has 0 N–H and O–H groups in total. The number of hydrogen-bond acceptors (Lipinski definition) is 0. The molecule has 0 aromatic carbocycles. The van der Waals surface area contributed by atoms with Gasteiger partial charge < -0.3 is 0 Å². The third-order valence-electron chi connectivity index (χ3n) is 2.60. The van der Waals surface area contributed by atoms with Crippen LogP contribution in [-0.4, -0.2) is 0 Å². The van der Waals surface area contributed by atoms with Gasteiger partial charge in [-0.25, -0.2) is 0 Å². The molecule has 0 saturated heterocycles. The summed E-state index contributed by atoms with van der Waals surface area (Å²) in [6.07, 6.45) is 10.1. The smallest absolute Gasteiger partial charge is 0.00503 e. The van der Waals surface area contributed by atoms with Crippen molar-refractivity contribution in [2.45, 2.75) is 25.7 Å². The van der Waals surface area contributed by atoms with E-state index in [4.69, 9.17) is 0 Å². The van der Waals surface area contributed by atoms with Gasteiger partial charge in [-0.2, -0.15) is 0 Å². The molecule has 0 radical (unpaired) electrons. The second kappa shape index (κ2) is 2.26. The summed E-state index contributed by atoms with van der Waals surface area (Å²) >= 11 is 0. The Kier molecular flexibility index (Phi) is 1.40. The van der Waals surface area contributed by atoms with Crippen molar-refractivity contribution in [3.63, 3.8) is 0 Å². The normalized spacial score (nSPS) is 32.0. The summed E-state index contributed by atoms with van der Waals surface area (Å²) < 4.78 is 0. The molecule has 1 unspecified atom stereocenters. The average molecular weight is 134 g/mol. The van der Waals surface area contributed by atoms with Gasteiger partial charge in [0.05, 0.1) is 0 Å². The van der Waals surface area contributed by atoms with Crippen molar-refractivity contribution >= 4 is 0 Å². The first-order valence-corrected chi connectivity index (χ1v) is 4.23. The molecule has 54 valence electrons. The van der Waals surface area contributed by atoms with Crippen molar-refractivity contribution in [3.05, 3.63) is 24.3 Å². The summed E-state index contributed by atoms with van der Waals surface area (Å²) in [6, 6.07) is 0. The minimum atomic E-state index is 0.704. The molecule has 0 aliphatic heterocycles. The van der Waals surface area contributed by atoms with E-state index < -0.39 is 0 Å². The van der Waals surface area contributed by atoms with Crippen LogP contribution in [0.15, 0.2) is 24.3 Å². The third-order valence-corrected chi connectivity index (χ3v) is 2.60. The highest BCUT2D eigenvalue weighted by atomic mass is 14.3. The molecule has 0 bridgehead atoms. The van der Waals surface area contributed by atoms with Crippen LogP contribution in [0.3, 0.4) is 0 Å². The van der Waals surface area contributed by atoms with Crippen LogP contribution in [0.4, 0.5) is 0 Å². The molecule has 0 amide bonds. The summed E-state index contributed by atoms with van der Waals surface area (Å²) in [4.78, 5) is 0. The molecule has 0 spiro atoms. The SMILES string of the molecule is C=CC1C=C(C2CC2)CC1. The minimum Gasteiger partial charge on any atom is -0.102 e. The maximum absolute atomic E-state index is 3.81. The summed E-state index contributed by atoms with van der Waals surface area (Å²) in [6.45, 7) is 3.81. The Morgan fingerprint density at radius 3 is 2.70 bits per heavy atom. The number of rotatable bonds is 2. The van der Waals surface area contributed by atoms with E-state index in [0.717, 1.165) is 5.92 Å². The predicted molar refractivity (Wildman–Crippen MR) is 43.7 cm³/mol. The summed E-state index contributed by atoms with van der Waals surface area (Å²) in [5.74, 6) is 1.69. The van der Waals surface area contributed by atoms with Gasteiger partial charge in [0.1, 0.15) is 0 Å². The first-order valence-electron chi connectivity index (χ1n) is 4.23. The van der Waals surface area contributed by atoms with Crippen LogP contribution in [0, 0.1) is 11.8 Å². The fourth-order valence-electron chi connectivity index (χ4n) is 1.76. The van der Waals surface area contributed by atoms with Crippen LogP contribution >= 0.6 is 0 Å². The van der Waals surface area contributed by atoms with E-state index >= 15 is 0 Å². The van der Waals surface area contributed by atoms with Crippen molar-refractivity contribution in [2.75, 3.05) is 0 Å². The van der Waals surface area contributed by atoms with Crippen molar-refractivity contribution in [3.8, 4) is 0 Å². The molecule has 2 aliphatic rings. The van der Waals surface area contributed by atoms with Crippen LogP contribution in [0.5, 0.6) is 0 Å². The Balaban J connectivity index is 2.02. The van der Waals surface area contributed by atoms with E-state index in [0.29, 0.717) is 5.92 Å². The number of allylic oxidation sites excluding steroid dienone is 3. The minimum absolute atomic E-state index is 0.704. The molecule has 2 rings (SSSR count). The lowest BCUT2D eigenvalue weighted by atomic mass is 10.1. The van der Waals surface area contributed by atoms with E-state index in [1.54, 1.807) is 5.57 Å². The van der Waals surface area contributed by atoms with Gasteiger partial charge in [0, 0.05) is 0 Å². The fourth-order valence-corrected chi connectivity index (χ4v) is 1.76. The zero-order valence-corrected chi connectivity index (χ0v) is 6.34. The molecule has 1 fully saturated rings. The first-order chi connectivity index (χ1) is 4.90. The maximum atomic E-state index is 3.81. The zero-order valence-electron chi connectivity index (χ0n) is 6.34. The third kappa shape index (κ3) is 1.03. The Morgan fingerprint density at radius 2 is 2.20 bits per heavy atom. The van der Waals surface area contributed by atoms with Crippen molar-refractivity contribution < 1.29 is 0 Å². The molecule has 0 heterocycles. The van der Waals surface area contributed by atoms with E-state index in [1.807, 2.05) is 0 Å². The summed E-state index contributed by atoms with van der Waals surface area (Å²) in [5.41, 5.74) is 1.73. The molecular formula is C10H14. The monoisotopic (exact) mass is 134 g/mol. The van der Waals surface area contributed by atoms with Crippen molar-refractivity contribution in [2.24, 2.45) is 11.8 Å². The van der Waals surface area contributed by atoms with Gasteiger partial charge in [-0.1, -0.05) is 17.7 Å². The van der Waals surface area contributed by atoms with Gasteiger partial charge in [0.2, 0.25) is 0 Å². The van der Waals surface area contributed by atoms with Crippen LogP contribution in [0.2, 0.25) is 0 Å². The molecule has 1 saturated carbocycles. The molecule has 0 heteroatoms. The molecule has 1 atom stereocenters. The molecular weight excluding hydrogens is 120 g/mol. The lowest BCUT2D eigenvalue weighted by molar-refractivity contribution is 0.755. The van der Waals surface area contributed by atoms with Crippen LogP contribution in [0.1, 0.15) is 25.7 Å². The molecule has 0 nitrogen and oxygen atoms in total. The van der Waals surface area contributed by atoms with Gasteiger partial charge >= 0.3 is 0 Å². The van der Waals surface area contributed by atoms with Crippen molar-refractivity contribution in [1.82, 2.24) is 0 Å². The fraction of sp³-hybridized carbons (Fsp3) is 0.600. The van der Waals surface area contributed by atoms with Gasteiger partial charge in [-0.3, -0.25) is 0 Å². The van der Waals surface area contributed by atoms with Gasteiger partial charge in [-0.15, -0.1) is 6.58 Å². The van der Waals surface area contributed by atoms with Crippen molar-refractivity contribution in [1.29, 1.82) is 0 Å². The van der Waals surface area contributed by atoms with Gasteiger partial charge in [0.15, 0.2) is 0 Å². The maximum Gasteiger partial charge on any atom is -0.00503 e. The highest BCUT2D eigenvalue weighted by Gasteiger charge is 2.28. The molecule has 10 heavy (non-hydrogen) atoms. The highest BCUT2D eigenvalue weighted by molar-refractivity contribution is 5.20. The Hall–Kier alpha value is -0.520. The lowest BCUT2D eigenvalue weighted by Gasteiger charge is -1.92. The second-order valence-electron chi connectivity index (χ2n) is 3.45.